The average molecular weight is 296 g/mol. The first-order valence-electron chi connectivity index (χ1n) is 7.02. The molecule has 1 aliphatic rings. The summed E-state index contributed by atoms with van der Waals surface area (Å²) in [5, 5.41) is 5.88. The lowest BCUT2D eigenvalue weighted by atomic mass is 10.1. The molecule has 1 aromatic rings. The summed E-state index contributed by atoms with van der Waals surface area (Å²) in [5.41, 5.74) is 2.00. The summed E-state index contributed by atoms with van der Waals surface area (Å²) in [6.07, 6.45) is 2.82. The van der Waals surface area contributed by atoms with Crippen LogP contribution in [0.2, 0.25) is 0 Å². The van der Waals surface area contributed by atoms with Gasteiger partial charge in [0.25, 0.3) is 0 Å². The van der Waals surface area contributed by atoms with Crippen molar-refractivity contribution in [2.24, 2.45) is 0 Å². The molecule has 0 atom stereocenters. The Morgan fingerprint density at radius 3 is 2.85 bits per heavy atom. The van der Waals surface area contributed by atoms with E-state index in [1.165, 1.54) is 12.1 Å². The van der Waals surface area contributed by atoms with E-state index >= 15 is 0 Å². The molecule has 1 fully saturated rings. The fraction of sp³-hybridized carbons (Fsp3) is 0.533. The van der Waals surface area contributed by atoms with E-state index in [-0.39, 0.29) is 11.8 Å². The molecule has 0 aliphatic carbocycles. The summed E-state index contributed by atoms with van der Waals surface area (Å²) in [6, 6.07) is 4.98. The number of nitrogens with one attached hydrogen (secondary N) is 2. The van der Waals surface area contributed by atoms with Crippen LogP contribution in [0.15, 0.2) is 18.2 Å². The number of amides is 2. The first-order chi connectivity index (χ1) is 9.65. The van der Waals surface area contributed by atoms with Gasteiger partial charge in [0.15, 0.2) is 0 Å². The van der Waals surface area contributed by atoms with Crippen molar-refractivity contribution in [3.05, 3.63) is 35.1 Å². The quantitative estimate of drug-likeness (QED) is 0.897. The van der Waals surface area contributed by atoms with Gasteiger partial charge < -0.3 is 10.6 Å². The Balaban J connectivity index is 1.70. The maximum absolute atomic E-state index is 13.0. The highest BCUT2D eigenvalue weighted by Crippen LogP contribution is 2.16. The van der Waals surface area contributed by atoms with Gasteiger partial charge in [0.2, 0.25) is 0 Å². The average Bonchev–Trinajstić information content (AvgIpc) is 2.42. The molecular formula is C15H21FN2OS. The Morgan fingerprint density at radius 2 is 2.15 bits per heavy atom. The van der Waals surface area contributed by atoms with E-state index in [1.807, 2.05) is 18.7 Å². The fourth-order valence-corrected chi connectivity index (χ4v) is 3.44. The lowest BCUT2D eigenvalue weighted by Gasteiger charge is -2.22. The number of benzene rings is 1. The van der Waals surface area contributed by atoms with Crippen LogP contribution in [-0.4, -0.2) is 30.1 Å². The third kappa shape index (κ3) is 4.71. The second-order valence-electron chi connectivity index (χ2n) is 5.11. The highest BCUT2D eigenvalue weighted by molar-refractivity contribution is 7.99. The molecule has 0 spiro atoms. The Kier molecular flexibility index (Phi) is 5.71. The number of urea groups is 1. The molecule has 110 valence electrons. The predicted molar refractivity (Wildman–Crippen MR) is 81.7 cm³/mol. The van der Waals surface area contributed by atoms with Crippen LogP contribution in [0.3, 0.4) is 0 Å². The SMILES string of the molecule is Cc1cc(F)ccc1CCNC(=O)NC1CCSCC1. The second-order valence-corrected chi connectivity index (χ2v) is 6.33. The van der Waals surface area contributed by atoms with Crippen LogP contribution < -0.4 is 10.6 Å². The molecule has 1 aromatic carbocycles. The second kappa shape index (κ2) is 7.53. The Bertz CT molecular complexity index is 461. The minimum atomic E-state index is -0.216. The number of thioether (sulfide) groups is 1. The van der Waals surface area contributed by atoms with Crippen molar-refractivity contribution >= 4 is 17.8 Å². The molecule has 0 saturated carbocycles. The van der Waals surface area contributed by atoms with Crippen molar-refractivity contribution in [1.29, 1.82) is 0 Å². The van der Waals surface area contributed by atoms with Gasteiger partial charge in [-0.25, -0.2) is 9.18 Å². The molecule has 3 nitrogen and oxygen atoms in total. The minimum Gasteiger partial charge on any atom is -0.338 e. The smallest absolute Gasteiger partial charge is 0.315 e. The summed E-state index contributed by atoms with van der Waals surface area (Å²) in [5.74, 6) is 2.03. The zero-order valence-electron chi connectivity index (χ0n) is 11.7. The number of hydrogen-bond donors (Lipinski definition) is 2. The van der Waals surface area contributed by atoms with Gasteiger partial charge in [-0.3, -0.25) is 0 Å². The molecule has 1 heterocycles. The van der Waals surface area contributed by atoms with E-state index in [1.54, 1.807) is 6.07 Å². The van der Waals surface area contributed by atoms with E-state index in [4.69, 9.17) is 0 Å². The highest BCUT2D eigenvalue weighted by Gasteiger charge is 2.15. The van der Waals surface area contributed by atoms with Crippen LogP contribution in [0.4, 0.5) is 9.18 Å². The maximum Gasteiger partial charge on any atom is 0.315 e. The largest absolute Gasteiger partial charge is 0.338 e. The van der Waals surface area contributed by atoms with Crippen LogP contribution in [0.5, 0.6) is 0 Å². The molecule has 0 unspecified atom stereocenters. The van der Waals surface area contributed by atoms with Gasteiger partial charge in [-0.1, -0.05) is 6.07 Å². The van der Waals surface area contributed by atoms with Crippen LogP contribution in [0.25, 0.3) is 0 Å². The van der Waals surface area contributed by atoms with E-state index in [0.717, 1.165) is 41.9 Å². The van der Waals surface area contributed by atoms with E-state index in [0.29, 0.717) is 12.6 Å². The molecule has 1 saturated heterocycles. The Labute approximate surface area is 123 Å². The number of hydrogen-bond acceptors (Lipinski definition) is 2. The summed E-state index contributed by atoms with van der Waals surface area (Å²) in [7, 11) is 0. The Morgan fingerprint density at radius 1 is 1.40 bits per heavy atom. The monoisotopic (exact) mass is 296 g/mol. The van der Waals surface area contributed by atoms with Gasteiger partial charge >= 0.3 is 6.03 Å². The van der Waals surface area contributed by atoms with Crippen LogP contribution in [0.1, 0.15) is 24.0 Å². The standard InChI is InChI=1S/C15H21FN2OS/c1-11-10-13(16)3-2-12(11)4-7-17-15(19)18-14-5-8-20-9-6-14/h2-3,10,14H,4-9H2,1H3,(H2,17,18,19). The van der Waals surface area contributed by atoms with Gasteiger partial charge in [-0.05, 0) is 61.0 Å². The van der Waals surface area contributed by atoms with Crippen LogP contribution in [0, 0.1) is 12.7 Å². The van der Waals surface area contributed by atoms with Crippen molar-refractivity contribution in [2.45, 2.75) is 32.2 Å². The molecule has 0 radical (unpaired) electrons. The molecule has 0 bridgehead atoms. The summed E-state index contributed by atoms with van der Waals surface area (Å²) >= 11 is 1.94. The molecule has 2 N–H and O–H groups in total. The van der Waals surface area contributed by atoms with Crippen LogP contribution >= 0.6 is 11.8 Å². The first kappa shape index (κ1) is 15.2. The third-order valence-electron chi connectivity index (χ3n) is 3.54. The van der Waals surface area contributed by atoms with Gasteiger partial charge in [-0.2, -0.15) is 11.8 Å². The minimum absolute atomic E-state index is 0.0957. The Hall–Kier alpha value is -1.23. The number of halogens is 1. The topological polar surface area (TPSA) is 41.1 Å². The van der Waals surface area contributed by atoms with Crippen molar-refractivity contribution in [3.63, 3.8) is 0 Å². The fourth-order valence-electron chi connectivity index (χ4n) is 2.33. The van der Waals surface area contributed by atoms with Gasteiger partial charge in [0.05, 0.1) is 0 Å². The normalized spacial score (nSPS) is 15.9. The van der Waals surface area contributed by atoms with E-state index in [2.05, 4.69) is 10.6 Å². The highest BCUT2D eigenvalue weighted by atomic mass is 32.2. The zero-order valence-corrected chi connectivity index (χ0v) is 12.6. The molecule has 0 aromatic heterocycles. The number of rotatable bonds is 4. The van der Waals surface area contributed by atoms with Crippen molar-refractivity contribution in [2.75, 3.05) is 18.1 Å². The molecule has 2 rings (SSSR count). The van der Waals surface area contributed by atoms with Gasteiger partial charge in [-0.15, -0.1) is 0 Å². The maximum atomic E-state index is 13.0. The number of carbonyl (C=O) groups is 1. The summed E-state index contributed by atoms with van der Waals surface area (Å²) < 4.78 is 13.0. The van der Waals surface area contributed by atoms with Crippen LogP contribution in [-0.2, 0) is 6.42 Å². The zero-order chi connectivity index (χ0) is 14.4. The summed E-state index contributed by atoms with van der Waals surface area (Å²) in [6.45, 7) is 2.46. The lowest BCUT2D eigenvalue weighted by Crippen LogP contribution is -2.44. The van der Waals surface area contributed by atoms with Gasteiger partial charge in [0, 0.05) is 12.6 Å². The van der Waals surface area contributed by atoms with Crippen molar-refractivity contribution in [1.82, 2.24) is 10.6 Å². The third-order valence-corrected chi connectivity index (χ3v) is 4.59. The van der Waals surface area contributed by atoms with E-state index in [9.17, 15) is 9.18 Å². The number of aryl methyl sites for hydroxylation is 1. The number of carbonyl (C=O) groups excluding carboxylic acids is 1. The van der Waals surface area contributed by atoms with Crippen molar-refractivity contribution < 1.29 is 9.18 Å². The molecule has 1 aliphatic heterocycles. The van der Waals surface area contributed by atoms with E-state index < -0.39 is 0 Å². The first-order valence-corrected chi connectivity index (χ1v) is 8.18. The molecule has 20 heavy (non-hydrogen) atoms. The lowest BCUT2D eigenvalue weighted by molar-refractivity contribution is 0.236. The van der Waals surface area contributed by atoms with Crippen molar-refractivity contribution in [3.8, 4) is 0 Å². The summed E-state index contributed by atoms with van der Waals surface area (Å²) in [4.78, 5) is 11.8. The molecular weight excluding hydrogens is 275 g/mol. The van der Waals surface area contributed by atoms with Gasteiger partial charge in [0.1, 0.15) is 5.82 Å². The molecule has 5 heteroatoms. The molecule has 2 amide bonds. The predicted octanol–water partition coefficient (Wildman–Crippen LogP) is 2.87.